The number of hydrogen-bond acceptors (Lipinski definition) is 10. The summed E-state index contributed by atoms with van der Waals surface area (Å²) in [5, 5.41) is 10.9. The van der Waals surface area contributed by atoms with E-state index < -0.39 is 0 Å². The Morgan fingerprint density at radius 2 is 1.92 bits per heavy atom. The zero-order valence-corrected chi connectivity index (χ0v) is 21.5. The molecule has 4 heterocycles. The van der Waals surface area contributed by atoms with Crippen LogP contribution in [-0.2, 0) is 11.8 Å². The standard InChI is InChI=1S/C27H29N7O4/c1-4-23(35)20-12-29-25(32-24-9-8-18(11-28-24)38-15-17-13-37-14-17)10-22(20)31-21-7-5-6-19(26(21)36-3)27-30-16-34(2)33-27/h5-12,16-17H,4,13-15H2,1-3H3,(H2,28,29,31,32). The molecule has 0 amide bonds. The molecule has 0 bridgehead atoms. The van der Waals surface area contributed by atoms with Gasteiger partial charge in [0, 0.05) is 31.6 Å². The highest BCUT2D eigenvalue weighted by Gasteiger charge is 2.19. The van der Waals surface area contributed by atoms with Gasteiger partial charge in [0.1, 0.15) is 23.7 Å². The van der Waals surface area contributed by atoms with Crippen molar-refractivity contribution < 1.29 is 19.0 Å². The molecule has 38 heavy (non-hydrogen) atoms. The van der Waals surface area contributed by atoms with Crippen molar-refractivity contribution in [3.63, 3.8) is 0 Å². The predicted molar refractivity (Wildman–Crippen MR) is 142 cm³/mol. The van der Waals surface area contributed by atoms with Crippen LogP contribution in [0.15, 0.2) is 55.1 Å². The number of anilines is 4. The number of para-hydroxylation sites is 1. The smallest absolute Gasteiger partial charge is 0.184 e. The fourth-order valence-electron chi connectivity index (χ4n) is 3.94. The Morgan fingerprint density at radius 3 is 2.58 bits per heavy atom. The van der Waals surface area contributed by atoms with Crippen LogP contribution in [-0.4, -0.2) is 57.4 Å². The molecule has 196 valence electrons. The van der Waals surface area contributed by atoms with E-state index in [1.807, 2.05) is 37.3 Å². The first-order chi connectivity index (χ1) is 18.5. The van der Waals surface area contributed by atoms with Crippen LogP contribution in [0.2, 0.25) is 0 Å². The minimum Gasteiger partial charge on any atom is -0.494 e. The van der Waals surface area contributed by atoms with E-state index in [0.29, 0.717) is 64.8 Å². The summed E-state index contributed by atoms with van der Waals surface area (Å²) in [6, 6.07) is 11.1. The van der Waals surface area contributed by atoms with Crippen LogP contribution < -0.4 is 20.1 Å². The third kappa shape index (κ3) is 5.57. The number of rotatable bonds is 11. The molecule has 2 N–H and O–H groups in total. The van der Waals surface area contributed by atoms with E-state index >= 15 is 0 Å². The summed E-state index contributed by atoms with van der Waals surface area (Å²) in [6.45, 7) is 3.90. The van der Waals surface area contributed by atoms with Gasteiger partial charge in [0.15, 0.2) is 17.4 Å². The maximum absolute atomic E-state index is 12.7. The van der Waals surface area contributed by atoms with Gasteiger partial charge in [0.05, 0.1) is 55.6 Å². The van der Waals surface area contributed by atoms with Crippen molar-refractivity contribution in [2.45, 2.75) is 13.3 Å². The van der Waals surface area contributed by atoms with E-state index in [-0.39, 0.29) is 5.78 Å². The van der Waals surface area contributed by atoms with Crippen molar-refractivity contribution in [1.82, 2.24) is 24.7 Å². The van der Waals surface area contributed by atoms with Crippen LogP contribution in [0.5, 0.6) is 11.5 Å². The van der Waals surface area contributed by atoms with Crippen molar-refractivity contribution in [2.75, 3.05) is 37.6 Å². The summed E-state index contributed by atoms with van der Waals surface area (Å²) in [5.41, 5.74) is 2.45. The molecule has 1 aliphatic rings. The SMILES string of the molecule is CCC(=O)c1cnc(Nc2ccc(OCC3COC3)cn2)cc1Nc1cccc(-c2ncn(C)n2)c1OC. The first-order valence-corrected chi connectivity index (χ1v) is 12.3. The van der Waals surface area contributed by atoms with Crippen LogP contribution in [0.4, 0.5) is 23.0 Å². The van der Waals surface area contributed by atoms with E-state index in [1.165, 1.54) is 0 Å². The highest BCUT2D eigenvalue weighted by Crippen LogP contribution is 2.37. The molecule has 0 unspecified atom stereocenters. The number of methoxy groups -OCH3 is 1. The topological polar surface area (TPSA) is 125 Å². The molecule has 0 aliphatic carbocycles. The number of aryl methyl sites for hydroxylation is 1. The maximum Gasteiger partial charge on any atom is 0.184 e. The van der Waals surface area contributed by atoms with Crippen LogP contribution in [0.3, 0.4) is 0 Å². The Morgan fingerprint density at radius 1 is 1.08 bits per heavy atom. The van der Waals surface area contributed by atoms with Gasteiger partial charge < -0.3 is 24.8 Å². The fraction of sp³-hybridized carbons (Fsp3) is 0.296. The Bertz CT molecular complexity index is 1420. The predicted octanol–water partition coefficient (Wildman–Crippen LogP) is 4.39. The number of pyridine rings is 2. The average molecular weight is 516 g/mol. The lowest BCUT2D eigenvalue weighted by Crippen LogP contribution is -2.32. The molecule has 1 aliphatic heterocycles. The molecule has 0 radical (unpaired) electrons. The van der Waals surface area contributed by atoms with Crippen molar-refractivity contribution in [3.8, 4) is 22.9 Å². The Labute approximate surface area is 220 Å². The van der Waals surface area contributed by atoms with E-state index in [4.69, 9.17) is 14.2 Å². The molecular formula is C27H29N7O4. The summed E-state index contributed by atoms with van der Waals surface area (Å²) in [5.74, 6) is 3.31. The number of hydrogen-bond donors (Lipinski definition) is 2. The van der Waals surface area contributed by atoms with Crippen LogP contribution in [0.1, 0.15) is 23.7 Å². The van der Waals surface area contributed by atoms with Crippen molar-refractivity contribution in [2.24, 2.45) is 13.0 Å². The van der Waals surface area contributed by atoms with Crippen LogP contribution in [0.25, 0.3) is 11.4 Å². The second-order valence-electron chi connectivity index (χ2n) is 8.86. The normalized spacial score (nSPS) is 13.0. The van der Waals surface area contributed by atoms with Crippen molar-refractivity contribution in [3.05, 3.63) is 60.7 Å². The van der Waals surface area contributed by atoms with Gasteiger partial charge in [-0.05, 0) is 24.3 Å². The van der Waals surface area contributed by atoms with E-state index in [9.17, 15) is 4.79 Å². The molecule has 5 rings (SSSR count). The first kappa shape index (κ1) is 25.2. The van der Waals surface area contributed by atoms with Crippen LogP contribution >= 0.6 is 0 Å². The summed E-state index contributed by atoms with van der Waals surface area (Å²) in [7, 11) is 3.39. The van der Waals surface area contributed by atoms with Gasteiger partial charge in [-0.15, -0.1) is 0 Å². The van der Waals surface area contributed by atoms with E-state index in [0.717, 1.165) is 18.8 Å². The number of carbonyl (C=O) groups is 1. The molecule has 11 heteroatoms. The number of Topliss-reactive ketones (excluding diaryl/α,β-unsaturated/α-hetero) is 1. The number of nitrogens with one attached hydrogen (secondary N) is 2. The lowest BCUT2D eigenvalue weighted by molar-refractivity contribution is -0.0508. The number of ketones is 1. The second kappa shape index (κ2) is 11.3. The van der Waals surface area contributed by atoms with Crippen molar-refractivity contribution in [1.29, 1.82) is 0 Å². The van der Waals surface area contributed by atoms with Gasteiger partial charge >= 0.3 is 0 Å². The number of benzene rings is 1. The minimum absolute atomic E-state index is 0.0375. The Kier molecular flexibility index (Phi) is 7.45. The summed E-state index contributed by atoms with van der Waals surface area (Å²) < 4.78 is 18.3. The Balaban J connectivity index is 1.39. The number of nitrogens with zero attached hydrogens (tertiary/aromatic N) is 5. The van der Waals surface area contributed by atoms with Gasteiger partial charge in [0.2, 0.25) is 0 Å². The van der Waals surface area contributed by atoms with E-state index in [2.05, 4.69) is 30.7 Å². The molecular weight excluding hydrogens is 486 g/mol. The first-order valence-electron chi connectivity index (χ1n) is 12.3. The Hall–Kier alpha value is -4.51. The number of aromatic nitrogens is 5. The minimum atomic E-state index is -0.0375. The quantitative estimate of drug-likeness (QED) is 0.278. The second-order valence-corrected chi connectivity index (χ2v) is 8.86. The third-order valence-corrected chi connectivity index (χ3v) is 6.04. The van der Waals surface area contributed by atoms with Gasteiger partial charge in [-0.1, -0.05) is 13.0 Å². The van der Waals surface area contributed by atoms with Crippen molar-refractivity contribution >= 4 is 28.8 Å². The highest BCUT2D eigenvalue weighted by molar-refractivity contribution is 6.02. The molecule has 1 aromatic carbocycles. The third-order valence-electron chi connectivity index (χ3n) is 6.04. The van der Waals surface area contributed by atoms with E-state index in [1.54, 1.807) is 43.6 Å². The summed E-state index contributed by atoms with van der Waals surface area (Å²) in [4.78, 5) is 25.9. The molecule has 11 nitrogen and oxygen atoms in total. The van der Waals surface area contributed by atoms with Gasteiger partial charge in [0.25, 0.3) is 0 Å². The van der Waals surface area contributed by atoms with Gasteiger partial charge in [-0.3, -0.25) is 9.48 Å². The molecule has 4 aromatic rings. The largest absolute Gasteiger partial charge is 0.494 e. The fourth-order valence-corrected chi connectivity index (χ4v) is 3.94. The average Bonchev–Trinajstić information content (AvgIpc) is 3.34. The zero-order chi connectivity index (χ0) is 26.5. The molecule has 0 spiro atoms. The molecule has 0 atom stereocenters. The zero-order valence-electron chi connectivity index (χ0n) is 21.5. The number of ether oxygens (including phenoxy) is 3. The summed E-state index contributed by atoms with van der Waals surface area (Å²) in [6.07, 6.45) is 5.20. The monoisotopic (exact) mass is 515 g/mol. The van der Waals surface area contributed by atoms with Gasteiger partial charge in [-0.25, -0.2) is 15.0 Å². The van der Waals surface area contributed by atoms with Gasteiger partial charge in [-0.2, -0.15) is 5.10 Å². The van der Waals surface area contributed by atoms with Crippen LogP contribution in [0, 0.1) is 5.92 Å². The number of carbonyl (C=O) groups excluding carboxylic acids is 1. The lowest BCUT2D eigenvalue weighted by atomic mass is 10.1. The molecule has 1 fully saturated rings. The molecule has 3 aromatic heterocycles. The highest BCUT2D eigenvalue weighted by atomic mass is 16.5. The lowest BCUT2D eigenvalue weighted by Gasteiger charge is -2.25. The molecule has 1 saturated heterocycles. The summed E-state index contributed by atoms with van der Waals surface area (Å²) >= 11 is 0. The molecule has 0 saturated carbocycles. The maximum atomic E-state index is 12.7.